The van der Waals surface area contributed by atoms with Crippen molar-refractivity contribution in [2.75, 3.05) is 6.54 Å². The van der Waals surface area contributed by atoms with Gasteiger partial charge in [-0.05, 0) is 37.1 Å². The van der Waals surface area contributed by atoms with Crippen LogP contribution in [0.3, 0.4) is 0 Å². The molecule has 0 spiro atoms. The Morgan fingerprint density at radius 3 is 2.66 bits per heavy atom. The van der Waals surface area contributed by atoms with E-state index >= 15 is 0 Å². The summed E-state index contributed by atoms with van der Waals surface area (Å²) in [5.41, 5.74) is 3.41. The molecule has 0 aliphatic rings. The van der Waals surface area contributed by atoms with Gasteiger partial charge in [-0.2, -0.15) is 0 Å². The first-order valence-corrected chi connectivity index (χ1v) is 10.7. The highest BCUT2D eigenvalue weighted by Crippen LogP contribution is 2.32. The number of hydrogen-bond acceptors (Lipinski definition) is 5. The number of nitrogens with one attached hydrogen (secondary N) is 1. The number of pyridine rings is 1. The third kappa shape index (κ3) is 3.56. The van der Waals surface area contributed by atoms with Gasteiger partial charge in [0.1, 0.15) is 10.6 Å². The van der Waals surface area contributed by atoms with Crippen LogP contribution in [0.15, 0.2) is 64.4 Å². The molecule has 3 aromatic heterocycles. The molecule has 0 radical (unpaired) electrons. The van der Waals surface area contributed by atoms with Gasteiger partial charge >= 0.3 is 0 Å². The number of hydrogen-bond donors (Lipinski definition) is 1. The number of nitrogens with zero attached hydrogens (tertiary/aromatic N) is 3. The third-order valence-corrected chi connectivity index (χ3v) is 6.77. The molecule has 0 saturated heterocycles. The Morgan fingerprint density at radius 1 is 1.17 bits per heavy atom. The summed E-state index contributed by atoms with van der Waals surface area (Å²) in [7, 11) is -1.78. The van der Waals surface area contributed by atoms with Gasteiger partial charge in [0, 0.05) is 49.0 Å². The van der Waals surface area contributed by atoms with E-state index in [1.165, 1.54) is 0 Å². The first-order chi connectivity index (χ1) is 13.9. The highest BCUT2D eigenvalue weighted by atomic mass is 32.2. The maximum absolute atomic E-state index is 12.9. The minimum atomic E-state index is -3.77. The molecule has 0 aliphatic heterocycles. The standard InChI is InChI=1S/C21H22N4O3S/c1-14-21(15(2)28-24-14)29(26,27)23-12-18(16-7-6-10-22-11-16)19-13-25(3)20-9-5-4-8-17(19)20/h4-11,13,18,23H,12H2,1-3H3/t18-/m1/s1. The van der Waals surface area contributed by atoms with Gasteiger partial charge in [0.15, 0.2) is 5.76 Å². The van der Waals surface area contributed by atoms with Gasteiger partial charge in [0.05, 0.1) is 0 Å². The average molecular weight is 410 g/mol. The average Bonchev–Trinajstić information content (AvgIpc) is 3.23. The molecule has 0 saturated carbocycles. The van der Waals surface area contributed by atoms with Gasteiger partial charge in [-0.25, -0.2) is 13.1 Å². The van der Waals surface area contributed by atoms with Crippen LogP contribution in [0.5, 0.6) is 0 Å². The fourth-order valence-corrected chi connectivity index (χ4v) is 5.14. The zero-order chi connectivity index (χ0) is 20.6. The monoisotopic (exact) mass is 410 g/mol. The molecule has 0 bridgehead atoms. The van der Waals surface area contributed by atoms with Crippen LogP contribution in [0.1, 0.15) is 28.5 Å². The van der Waals surface area contributed by atoms with Gasteiger partial charge in [-0.1, -0.05) is 29.4 Å². The summed E-state index contributed by atoms with van der Waals surface area (Å²) in [4.78, 5) is 4.33. The van der Waals surface area contributed by atoms with Crippen LogP contribution >= 0.6 is 0 Å². The summed E-state index contributed by atoms with van der Waals surface area (Å²) < 4.78 is 35.7. The fraction of sp³-hybridized carbons (Fsp3) is 0.238. The molecule has 8 heteroatoms. The Labute approximate surface area is 169 Å². The Bertz CT molecular complexity index is 1240. The Kier molecular flexibility index (Phi) is 4.97. The van der Waals surface area contributed by atoms with Gasteiger partial charge in [-0.3, -0.25) is 4.98 Å². The molecule has 1 atom stereocenters. The molecule has 3 heterocycles. The summed E-state index contributed by atoms with van der Waals surface area (Å²) in [6.07, 6.45) is 5.53. The van der Waals surface area contributed by atoms with E-state index in [2.05, 4.69) is 25.5 Å². The lowest BCUT2D eigenvalue weighted by atomic mass is 9.92. The number of aryl methyl sites for hydroxylation is 3. The summed E-state index contributed by atoms with van der Waals surface area (Å²) >= 11 is 0. The molecule has 0 fully saturated rings. The Hall–Kier alpha value is -2.97. The van der Waals surface area contributed by atoms with Crippen LogP contribution in [-0.2, 0) is 17.1 Å². The quantitative estimate of drug-likeness (QED) is 0.527. The van der Waals surface area contributed by atoms with Crippen molar-refractivity contribution in [3.8, 4) is 0 Å². The van der Waals surface area contributed by atoms with Crippen molar-refractivity contribution in [2.45, 2.75) is 24.7 Å². The van der Waals surface area contributed by atoms with Crippen LogP contribution in [0, 0.1) is 13.8 Å². The molecule has 4 rings (SSSR count). The summed E-state index contributed by atoms with van der Waals surface area (Å²) in [6, 6.07) is 11.9. The normalized spacial score (nSPS) is 13.1. The van der Waals surface area contributed by atoms with Crippen LogP contribution in [0.4, 0.5) is 0 Å². The first kappa shape index (κ1) is 19.4. The lowest BCUT2D eigenvalue weighted by Gasteiger charge is -2.18. The van der Waals surface area contributed by atoms with Crippen LogP contribution < -0.4 is 4.72 Å². The third-order valence-electron chi connectivity index (χ3n) is 5.10. The zero-order valence-corrected chi connectivity index (χ0v) is 17.3. The highest BCUT2D eigenvalue weighted by molar-refractivity contribution is 7.89. The van der Waals surface area contributed by atoms with E-state index in [1.54, 1.807) is 26.2 Å². The molecule has 0 amide bonds. The lowest BCUT2D eigenvalue weighted by molar-refractivity contribution is 0.390. The minimum absolute atomic E-state index is 0.0976. The van der Waals surface area contributed by atoms with Gasteiger partial charge < -0.3 is 9.09 Å². The Balaban J connectivity index is 1.75. The molecule has 7 nitrogen and oxygen atoms in total. The number of aromatic nitrogens is 3. The van der Waals surface area contributed by atoms with Crippen molar-refractivity contribution in [1.82, 2.24) is 19.4 Å². The van der Waals surface area contributed by atoms with Crippen molar-refractivity contribution in [3.05, 3.63) is 77.6 Å². The lowest BCUT2D eigenvalue weighted by Crippen LogP contribution is -2.29. The zero-order valence-electron chi connectivity index (χ0n) is 16.5. The van der Waals surface area contributed by atoms with Gasteiger partial charge in [-0.15, -0.1) is 0 Å². The summed E-state index contributed by atoms with van der Waals surface area (Å²) in [6.45, 7) is 3.40. The van der Waals surface area contributed by atoms with E-state index in [-0.39, 0.29) is 23.1 Å². The maximum Gasteiger partial charge on any atom is 0.245 e. The smallest absolute Gasteiger partial charge is 0.245 e. The van der Waals surface area contributed by atoms with Crippen molar-refractivity contribution >= 4 is 20.9 Å². The van der Waals surface area contributed by atoms with Crippen molar-refractivity contribution in [3.63, 3.8) is 0 Å². The largest absolute Gasteiger partial charge is 0.360 e. The van der Waals surface area contributed by atoms with E-state index in [0.717, 1.165) is 22.0 Å². The molecule has 0 unspecified atom stereocenters. The predicted molar refractivity (Wildman–Crippen MR) is 110 cm³/mol. The molecule has 150 valence electrons. The van der Waals surface area contributed by atoms with E-state index in [4.69, 9.17) is 4.52 Å². The number of rotatable bonds is 6. The molecule has 0 aliphatic carbocycles. The van der Waals surface area contributed by atoms with E-state index < -0.39 is 10.0 Å². The summed E-state index contributed by atoms with van der Waals surface area (Å²) in [5, 5.41) is 4.85. The van der Waals surface area contributed by atoms with Crippen molar-refractivity contribution in [2.24, 2.45) is 7.05 Å². The highest BCUT2D eigenvalue weighted by Gasteiger charge is 2.27. The van der Waals surface area contributed by atoms with E-state index in [9.17, 15) is 8.42 Å². The SMILES string of the molecule is Cc1noc(C)c1S(=O)(=O)NC[C@H](c1cccnc1)c1cn(C)c2ccccc12. The van der Waals surface area contributed by atoms with Crippen LogP contribution in [0.2, 0.25) is 0 Å². The number of benzene rings is 1. The molecule has 4 aromatic rings. The van der Waals surface area contributed by atoms with Gasteiger partial charge in [0.2, 0.25) is 10.0 Å². The van der Waals surface area contributed by atoms with Crippen molar-refractivity contribution in [1.29, 1.82) is 0 Å². The fourth-order valence-electron chi connectivity index (χ4n) is 3.76. The second-order valence-electron chi connectivity index (χ2n) is 7.06. The molecule has 1 N–H and O–H groups in total. The Morgan fingerprint density at radius 2 is 1.97 bits per heavy atom. The topological polar surface area (TPSA) is 90.0 Å². The predicted octanol–water partition coefficient (Wildman–Crippen LogP) is 3.29. The maximum atomic E-state index is 12.9. The molecule has 29 heavy (non-hydrogen) atoms. The van der Waals surface area contributed by atoms with E-state index in [1.807, 2.05) is 43.6 Å². The van der Waals surface area contributed by atoms with Crippen molar-refractivity contribution < 1.29 is 12.9 Å². The molecular weight excluding hydrogens is 388 g/mol. The minimum Gasteiger partial charge on any atom is -0.360 e. The van der Waals surface area contributed by atoms with Crippen LogP contribution in [-0.4, -0.2) is 29.7 Å². The number of fused-ring (bicyclic) bond motifs is 1. The molecule has 1 aromatic carbocycles. The van der Waals surface area contributed by atoms with Gasteiger partial charge in [0.25, 0.3) is 0 Å². The first-order valence-electron chi connectivity index (χ1n) is 9.25. The van der Waals surface area contributed by atoms with Crippen LogP contribution in [0.25, 0.3) is 10.9 Å². The van der Waals surface area contributed by atoms with E-state index in [0.29, 0.717) is 5.69 Å². The second-order valence-corrected chi connectivity index (χ2v) is 8.76. The number of sulfonamides is 1. The second kappa shape index (κ2) is 7.46. The summed E-state index contributed by atoms with van der Waals surface area (Å²) in [5.74, 6) is 0.0723. The molecular formula is C21H22N4O3S. The number of para-hydroxylation sites is 1.